The number of benzene rings is 1. The number of hydrogen-bond donors (Lipinski definition) is 1. The standard InChI is InChI=1S/C10H12FNO/c11-9-3-1-2-8(6-9)7-10-12-4-5-13-10/h1-3,6,10,12H,4-5,7H2. The summed E-state index contributed by atoms with van der Waals surface area (Å²) in [7, 11) is 0. The van der Waals surface area contributed by atoms with E-state index in [9.17, 15) is 4.39 Å². The van der Waals surface area contributed by atoms with Crippen LogP contribution in [-0.2, 0) is 11.2 Å². The smallest absolute Gasteiger partial charge is 0.123 e. The van der Waals surface area contributed by atoms with Gasteiger partial charge < -0.3 is 4.74 Å². The van der Waals surface area contributed by atoms with Crippen molar-refractivity contribution in [3.8, 4) is 0 Å². The van der Waals surface area contributed by atoms with Gasteiger partial charge in [0.2, 0.25) is 0 Å². The molecule has 1 heterocycles. The van der Waals surface area contributed by atoms with Crippen LogP contribution in [0.4, 0.5) is 4.39 Å². The Hall–Kier alpha value is -0.930. The van der Waals surface area contributed by atoms with Crippen LogP contribution in [0.5, 0.6) is 0 Å². The van der Waals surface area contributed by atoms with Crippen LogP contribution in [0.15, 0.2) is 24.3 Å². The summed E-state index contributed by atoms with van der Waals surface area (Å²) < 4.78 is 18.1. The van der Waals surface area contributed by atoms with Crippen molar-refractivity contribution in [1.82, 2.24) is 5.32 Å². The fraction of sp³-hybridized carbons (Fsp3) is 0.400. The topological polar surface area (TPSA) is 21.3 Å². The van der Waals surface area contributed by atoms with Gasteiger partial charge in [0, 0.05) is 13.0 Å². The summed E-state index contributed by atoms with van der Waals surface area (Å²) in [5.41, 5.74) is 0.972. The molecule has 1 aromatic rings. The Morgan fingerprint density at radius 2 is 2.46 bits per heavy atom. The van der Waals surface area contributed by atoms with E-state index in [1.807, 2.05) is 6.07 Å². The highest BCUT2D eigenvalue weighted by Crippen LogP contribution is 2.08. The third-order valence-corrected chi connectivity index (χ3v) is 2.10. The Morgan fingerprint density at radius 3 is 3.15 bits per heavy atom. The highest BCUT2D eigenvalue weighted by molar-refractivity contribution is 5.17. The lowest BCUT2D eigenvalue weighted by atomic mass is 10.1. The second-order valence-corrected chi connectivity index (χ2v) is 3.15. The average molecular weight is 181 g/mol. The maximum atomic E-state index is 12.8. The summed E-state index contributed by atoms with van der Waals surface area (Å²) in [5, 5.41) is 3.18. The molecule has 3 heteroatoms. The van der Waals surface area contributed by atoms with E-state index < -0.39 is 0 Å². The number of halogens is 1. The van der Waals surface area contributed by atoms with E-state index in [0.29, 0.717) is 0 Å². The quantitative estimate of drug-likeness (QED) is 0.742. The maximum absolute atomic E-state index is 12.8. The van der Waals surface area contributed by atoms with Gasteiger partial charge in [0.05, 0.1) is 6.61 Å². The molecule has 0 amide bonds. The molecular formula is C10H12FNO. The third-order valence-electron chi connectivity index (χ3n) is 2.10. The first kappa shape index (κ1) is 8.66. The van der Waals surface area contributed by atoms with Gasteiger partial charge in [0.15, 0.2) is 0 Å². The second kappa shape index (κ2) is 3.85. The molecule has 1 aliphatic heterocycles. The summed E-state index contributed by atoms with van der Waals surface area (Å²) in [5.74, 6) is -0.185. The molecule has 0 aliphatic carbocycles. The van der Waals surface area contributed by atoms with Gasteiger partial charge in [-0.1, -0.05) is 12.1 Å². The summed E-state index contributed by atoms with van der Waals surface area (Å²) in [4.78, 5) is 0. The molecule has 1 aromatic carbocycles. The highest BCUT2D eigenvalue weighted by Gasteiger charge is 2.14. The molecule has 2 rings (SSSR count). The van der Waals surface area contributed by atoms with Crippen molar-refractivity contribution >= 4 is 0 Å². The molecule has 0 saturated carbocycles. The van der Waals surface area contributed by atoms with Crippen molar-refractivity contribution in [3.05, 3.63) is 35.6 Å². The van der Waals surface area contributed by atoms with E-state index in [0.717, 1.165) is 25.1 Å². The zero-order valence-corrected chi connectivity index (χ0v) is 7.29. The van der Waals surface area contributed by atoms with Gasteiger partial charge in [-0.15, -0.1) is 0 Å². The van der Waals surface area contributed by atoms with Crippen LogP contribution in [0.1, 0.15) is 5.56 Å². The van der Waals surface area contributed by atoms with Crippen LogP contribution in [0.25, 0.3) is 0 Å². The van der Waals surface area contributed by atoms with Crippen molar-refractivity contribution < 1.29 is 9.13 Å². The van der Waals surface area contributed by atoms with Gasteiger partial charge in [-0.05, 0) is 17.7 Å². The lowest BCUT2D eigenvalue weighted by molar-refractivity contribution is 0.102. The van der Waals surface area contributed by atoms with Crippen LogP contribution < -0.4 is 5.32 Å². The van der Waals surface area contributed by atoms with Crippen molar-refractivity contribution in [1.29, 1.82) is 0 Å². The van der Waals surface area contributed by atoms with Crippen LogP contribution in [-0.4, -0.2) is 19.4 Å². The maximum Gasteiger partial charge on any atom is 0.123 e. The van der Waals surface area contributed by atoms with E-state index in [2.05, 4.69) is 5.32 Å². The molecule has 70 valence electrons. The minimum Gasteiger partial charge on any atom is -0.362 e. The number of hydrogen-bond acceptors (Lipinski definition) is 2. The Balaban J connectivity index is 2.00. The van der Waals surface area contributed by atoms with Crippen molar-refractivity contribution in [2.45, 2.75) is 12.6 Å². The number of nitrogens with one attached hydrogen (secondary N) is 1. The monoisotopic (exact) mass is 181 g/mol. The van der Waals surface area contributed by atoms with E-state index in [-0.39, 0.29) is 12.0 Å². The number of rotatable bonds is 2. The van der Waals surface area contributed by atoms with Gasteiger partial charge in [-0.3, -0.25) is 5.32 Å². The lowest BCUT2D eigenvalue weighted by Crippen LogP contribution is -2.24. The van der Waals surface area contributed by atoms with E-state index in [4.69, 9.17) is 4.74 Å². The Bertz CT molecular complexity index is 284. The summed E-state index contributed by atoms with van der Waals surface area (Å²) in [6.45, 7) is 1.64. The molecular weight excluding hydrogens is 169 g/mol. The molecule has 2 nitrogen and oxygen atoms in total. The van der Waals surface area contributed by atoms with Gasteiger partial charge in [-0.25, -0.2) is 4.39 Å². The van der Waals surface area contributed by atoms with Gasteiger partial charge in [-0.2, -0.15) is 0 Å². The first-order valence-corrected chi connectivity index (χ1v) is 4.44. The fourth-order valence-corrected chi connectivity index (χ4v) is 1.49. The zero-order chi connectivity index (χ0) is 9.10. The molecule has 13 heavy (non-hydrogen) atoms. The highest BCUT2D eigenvalue weighted by atomic mass is 19.1. The molecule has 1 saturated heterocycles. The minimum absolute atomic E-state index is 0.0572. The van der Waals surface area contributed by atoms with Crippen LogP contribution >= 0.6 is 0 Å². The van der Waals surface area contributed by atoms with Gasteiger partial charge in [0.25, 0.3) is 0 Å². The van der Waals surface area contributed by atoms with Crippen molar-refractivity contribution in [2.75, 3.05) is 13.2 Å². The Labute approximate surface area is 76.7 Å². The molecule has 1 fully saturated rings. The molecule has 1 unspecified atom stereocenters. The molecule has 1 aliphatic rings. The first-order chi connectivity index (χ1) is 6.34. The molecule has 0 spiro atoms. The van der Waals surface area contributed by atoms with Crippen molar-refractivity contribution in [3.63, 3.8) is 0 Å². The predicted octanol–water partition coefficient (Wildman–Crippen LogP) is 1.31. The van der Waals surface area contributed by atoms with E-state index >= 15 is 0 Å². The second-order valence-electron chi connectivity index (χ2n) is 3.15. The summed E-state index contributed by atoms with van der Waals surface area (Å²) in [6.07, 6.45) is 0.791. The molecule has 1 atom stereocenters. The average Bonchev–Trinajstić information content (AvgIpc) is 2.57. The van der Waals surface area contributed by atoms with Crippen molar-refractivity contribution in [2.24, 2.45) is 0 Å². The summed E-state index contributed by atoms with van der Waals surface area (Å²) in [6, 6.07) is 6.63. The normalized spacial score (nSPS) is 22.1. The zero-order valence-electron chi connectivity index (χ0n) is 7.29. The molecule has 0 radical (unpaired) electrons. The summed E-state index contributed by atoms with van der Waals surface area (Å²) >= 11 is 0. The van der Waals surface area contributed by atoms with E-state index in [1.165, 1.54) is 6.07 Å². The van der Waals surface area contributed by atoms with Gasteiger partial charge in [0.1, 0.15) is 12.0 Å². The predicted molar refractivity (Wildman–Crippen MR) is 47.8 cm³/mol. The Morgan fingerprint density at radius 1 is 1.54 bits per heavy atom. The Kier molecular flexibility index (Phi) is 2.57. The number of ether oxygens (including phenoxy) is 1. The van der Waals surface area contributed by atoms with Crippen LogP contribution in [0, 0.1) is 5.82 Å². The van der Waals surface area contributed by atoms with Crippen LogP contribution in [0.2, 0.25) is 0 Å². The molecule has 0 aromatic heterocycles. The lowest BCUT2D eigenvalue weighted by Gasteiger charge is -2.09. The van der Waals surface area contributed by atoms with Gasteiger partial charge >= 0.3 is 0 Å². The largest absolute Gasteiger partial charge is 0.362 e. The molecule has 1 N–H and O–H groups in total. The van der Waals surface area contributed by atoms with Crippen LogP contribution in [0.3, 0.4) is 0 Å². The molecule has 0 bridgehead atoms. The SMILES string of the molecule is Fc1cccc(CC2NCCO2)c1. The third kappa shape index (κ3) is 2.26. The minimum atomic E-state index is -0.185. The van der Waals surface area contributed by atoms with E-state index in [1.54, 1.807) is 12.1 Å². The fourth-order valence-electron chi connectivity index (χ4n) is 1.49. The first-order valence-electron chi connectivity index (χ1n) is 4.44.